The molecule has 0 bridgehead atoms. The molecule has 0 fully saturated rings. The molecule has 0 aromatic carbocycles. The second-order valence-corrected chi connectivity index (χ2v) is 4.87. The van der Waals surface area contributed by atoms with Gasteiger partial charge in [0.15, 0.2) is 5.65 Å². The highest BCUT2D eigenvalue weighted by Gasteiger charge is 2.11. The summed E-state index contributed by atoms with van der Waals surface area (Å²) in [6, 6.07) is 0.425. The summed E-state index contributed by atoms with van der Waals surface area (Å²) in [6.45, 7) is 9.05. The van der Waals surface area contributed by atoms with Crippen molar-refractivity contribution < 1.29 is 4.74 Å². The van der Waals surface area contributed by atoms with Crippen LogP contribution < -0.4 is 4.74 Å². The van der Waals surface area contributed by atoms with Crippen molar-refractivity contribution in [2.75, 3.05) is 6.61 Å². The highest BCUT2D eigenvalue weighted by molar-refractivity contribution is 5.47. The van der Waals surface area contributed by atoms with Crippen LogP contribution in [0.1, 0.15) is 39.2 Å². The van der Waals surface area contributed by atoms with Gasteiger partial charge in [-0.25, -0.2) is 4.52 Å². The van der Waals surface area contributed by atoms with E-state index in [1.807, 2.05) is 6.20 Å². The maximum absolute atomic E-state index is 5.52. The number of aromatic nitrogens is 4. The molecule has 0 unspecified atom stereocenters. The molecule has 0 N–H and O–H groups in total. The van der Waals surface area contributed by atoms with Crippen LogP contribution >= 0.6 is 0 Å². The lowest BCUT2D eigenvalue weighted by atomic mass is 10.1. The van der Waals surface area contributed by atoms with E-state index in [9.17, 15) is 0 Å². The Labute approximate surface area is 101 Å². The molecule has 2 rings (SSSR count). The first-order chi connectivity index (χ1) is 8.08. The molecule has 5 nitrogen and oxygen atoms in total. The van der Waals surface area contributed by atoms with E-state index in [0.29, 0.717) is 24.5 Å². The summed E-state index contributed by atoms with van der Waals surface area (Å²) < 4.78 is 7.19. The molecule has 0 aliphatic heterocycles. The third kappa shape index (κ3) is 2.54. The van der Waals surface area contributed by atoms with Crippen LogP contribution in [0, 0.1) is 5.92 Å². The predicted molar refractivity (Wildman–Crippen MR) is 65.2 cm³/mol. The molecular formula is C12H18N4O. The monoisotopic (exact) mass is 234 g/mol. The van der Waals surface area contributed by atoms with E-state index >= 15 is 0 Å². The molecule has 0 aliphatic carbocycles. The van der Waals surface area contributed by atoms with Gasteiger partial charge < -0.3 is 4.74 Å². The maximum Gasteiger partial charge on any atom is 0.319 e. The van der Waals surface area contributed by atoms with Gasteiger partial charge in [-0.05, 0) is 11.8 Å². The minimum Gasteiger partial charge on any atom is -0.463 e. The molecule has 0 amide bonds. The Hall–Kier alpha value is -1.65. The number of hydrogen-bond acceptors (Lipinski definition) is 4. The molecule has 0 spiro atoms. The fraction of sp³-hybridized carbons (Fsp3) is 0.583. The van der Waals surface area contributed by atoms with E-state index in [0.717, 1.165) is 11.2 Å². The molecule has 0 saturated carbocycles. The van der Waals surface area contributed by atoms with Gasteiger partial charge in [-0.2, -0.15) is 15.1 Å². The molecule has 5 heteroatoms. The Morgan fingerprint density at radius 1 is 1.29 bits per heavy atom. The van der Waals surface area contributed by atoms with Crippen molar-refractivity contribution in [2.24, 2.45) is 5.92 Å². The van der Waals surface area contributed by atoms with Gasteiger partial charge >= 0.3 is 6.01 Å². The third-order valence-electron chi connectivity index (χ3n) is 2.44. The number of rotatable bonds is 4. The standard InChI is InChI=1S/C12H18N4O/c1-8(2)6-17-12-13-7-16-11(15-12)10(5-14-16)9(3)4/h5,7-9H,6H2,1-4H3. The van der Waals surface area contributed by atoms with Gasteiger partial charge in [0, 0.05) is 5.56 Å². The van der Waals surface area contributed by atoms with Crippen molar-refractivity contribution in [3.8, 4) is 6.01 Å². The molecule has 2 aromatic heterocycles. The van der Waals surface area contributed by atoms with E-state index in [4.69, 9.17) is 4.74 Å². The molecule has 0 radical (unpaired) electrons. The molecular weight excluding hydrogens is 216 g/mol. The fourth-order valence-electron chi connectivity index (χ4n) is 1.51. The van der Waals surface area contributed by atoms with Crippen molar-refractivity contribution in [1.82, 2.24) is 19.6 Å². The molecule has 17 heavy (non-hydrogen) atoms. The molecule has 0 aliphatic rings. The first-order valence-electron chi connectivity index (χ1n) is 5.91. The Morgan fingerprint density at radius 3 is 2.71 bits per heavy atom. The van der Waals surface area contributed by atoms with E-state index in [1.165, 1.54) is 0 Å². The van der Waals surface area contributed by atoms with Gasteiger partial charge in [0.25, 0.3) is 0 Å². The highest BCUT2D eigenvalue weighted by atomic mass is 16.5. The van der Waals surface area contributed by atoms with Gasteiger partial charge in [0.1, 0.15) is 6.33 Å². The largest absolute Gasteiger partial charge is 0.463 e. The van der Waals surface area contributed by atoms with Gasteiger partial charge in [0.05, 0.1) is 12.8 Å². The maximum atomic E-state index is 5.52. The second kappa shape index (κ2) is 4.69. The van der Waals surface area contributed by atoms with Crippen LogP contribution in [-0.4, -0.2) is 26.2 Å². The van der Waals surface area contributed by atoms with E-state index < -0.39 is 0 Å². The summed E-state index contributed by atoms with van der Waals surface area (Å²) in [5.74, 6) is 0.852. The minimum absolute atomic E-state index is 0.389. The van der Waals surface area contributed by atoms with Gasteiger partial charge in [-0.15, -0.1) is 0 Å². The zero-order valence-electron chi connectivity index (χ0n) is 10.7. The normalized spacial score (nSPS) is 11.6. The van der Waals surface area contributed by atoms with Crippen molar-refractivity contribution in [2.45, 2.75) is 33.6 Å². The van der Waals surface area contributed by atoms with Crippen molar-refractivity contribution >= 4 is 5.65 Å². The zero-order chi connectivity index (χ0) is 12.4. The highest BCUT2D eigenvalue weighted by Crippen LogP contribution is 2.19. The Balaban J connectivity index is 2.31. The van der Waals surface area contributed by atoms with Gasteiger partial charge in [-0.1, -0.05) is 27.7 Å². The SMILES string of the molecule is CC(C)COc1ncn2ncc(C(C)C)c2n1. The summed E-state index contributed by atoms with van der Waals surface area (Å²) in [7, 11) is 0. The second-order valence-electron chi connectivity index (χ2n) is 4.87. The number of nitrogens with zero attached hydrogens (tertiary/aromatic N) is 4. The Bertz CT molecular complexity index is 504. The predicted octanol–water partition coefficient (Wildman–Crippen LogP) is 2.28. The van der Waals surface area contributed by atoms with Crippen molar-refractivity contribution in [3.05, 3.63) is 18.1 Å². The average Bonchev–Trinajstić information content (AvgIpc) is 2.69. The fourth-order valence-corrected chi connectivity index (χ4v) is 1.51. The smallest absolute Gasteiger partial charge is 0.319 e. The van der Waals surface area contributed by atoms with Crippen LogP contribution in [0.4, 0.5) is 0 Å². The van der Waals surface area contributed by atoms with Crippen LogP contribution in [0.3, 0.4) is 0 Å². The summed E-state index contributed by atoms with van der Waals surface area (Å²) >= 11 is 0. The topological polar surface area (TPSA) is 52.3 Å². The van der Waals surface area contributed by atoms with Crippen LogP contribution in [-0.2, 0) is 0 Å². The van der Waals surface area contributed by atoms with E-state index in [-0.39, 0.29) is 0 Å². The first kappa shape index (κ1) is 11.8. The van der Waals surface area contributed by atoms with Crippen molar-refractivity contribution in [3.63, 3.8) is 0 Å². The summed E-state index contributed by atoms with van der Waals surface area (Å²) in [5, 5.41) is 4.21. The van der Waals surface area contributed by atoms with Crippen molar-refractivity contribution in [1.29, 1.82) is 0 Å². The lowest BCUT2D eigenvalue weighted by Crippen LogP contribution is -2.08. The number of ether oxygens (including phenoxy) is 1. The van der Waals surface area contributed by atoms with Gasteiger partial charge in [-0.3, -0.25) is 0 Å². The lowest BCUT2D eigenvalue weighted by molar-refractivity contribution is 0.250. The van der Waals surface area contributed by atoms with Crippen LogP contribution in [0.5, 0.6) is 6.01 Å². The quantitative estimate of drug-likeness (QED) is 0.814. The minimum atomic E-state index is 0.389. The van der Waals surface area contributed by atoms with E-state index in [1.54, 1.807) is 10.8 Å². The first-order valence-corrected chi connectivity index (χ1v) is 5.91. The Morgan fingerprint density at radius 2 is 2.06 bits per heavy atom. The van der Waals surface area contributed by atoms with Crippen LogP contribution in [0.2, 0.25) is 0 Å². The molecule has 92 valence electrons. The molecule has 2 heterocycles. The number of hydrogen-bond donors (Lipinski definition) is 0. The summed E-state index contributed by atoms with van der Waals surface area (Å²) in [4.78, 5) is 8.51. The molecule has 0 atom stereocenters. The zero-order valence-corrected chi connectivity index (χ0v) is 10.7. The molecule has 0 saturated heterocycles. The Kier molecular flexibility index (Phi) is 3.26. The third-order valence-corrected chi connectivity index (χ3v) is 2.44. The molecule has 2 aromatic rings. The number of fused-ring (bicyclic) bond motifs is 1. The summed E-state index contributed by atoms with van der Waals surface area (Å²) in [5.41, 5.74) is 1.94. The average molecular weight is 234 g/mol. The summed E-state index contributed by atoms with van der Waals surface area (Å²) in [6.07, 6.45) is 3.48. The van der Waals surface area contributed by atoms with E-state index in [2.05, 4.69) is 42.8 Å². The van der Waals surface area contributed by atoms with Crippen LogP contribution in [0.25, 0.3) is 5.65 Å². The van der Waals surface area contributed by atoms with Gasteiger partial charge in [0.2, 0.25) is 0 Å². The lowest BCUT2D eigenvalue weighted by Gasteiger charge is -2.07. The van der Waals surface area contributed by atoms with Crippen LogP contribution in [0.15, 0.2) is 12.5 Å².